The molecule has 18 heavy (non-hydrogen) atoms. The average molecular weight is 240 g/mol. The van der Waals surface area contributed by atoms with Crippen molar-refractivity contribution < 1.29 is 0 Å². The molecule has 0 radical (unpaired) electrons. The summed E-state index contributed by atoms with van der Waals surface area (Å²) in [5.41, 5.74) is 1.16. The smallest absolute Gasteiger partial charge is 0.112 e. The topological polar surface area (TPSA) is 27.0 Å². The third-order valence-corrected chi connectivity index (χ3v) is 4.96. The Bertz CT molecular complexity index is 462. The van der Waals surface area contributed by atoms with Gasteiger partial charge in [-0.25, -0.2) is 0 Å². The van der Waals surface area contributed by atoms with Gasteiger partial charge in [0.2, 0.25) is 0 Å². The van der Waals surface area contributed by atoms with Crippen molar-refractivity contribution in [2.45, 2.75) is 44.2 Å². The fraction of sp³-hybridized carbons (Fsp3) is 0.562. The van der Waals surface area contributed by atoms with E-state index in [0.717, 1.165) is 13.0 Å². The molecule has 0 amide bonds. The van der Waals surface area contributed by atoms with Crippen LogP contribution in [0.5, 0.6) is 0 Å². The predicted molar refractivity (Wildman–Crippen MR) is 71.9 cm³/mol. The lowest BCUT2D eigenvalue weighted by molar-refractivity contribution is 0.127. The Balaban J connectivity index is 1.91. The van der Waals surface area contributed by atoms with E-state index in [9.17, 15) is 5.26 Å². The monoisotopic (exact) mass is 240 g/mol. The van der Waals surface area contributed by atoms with E-state index in [1.807, 2.05) is 0 Å². The molecule has 0 aromatic heterocycles. The normalized spacial score (nSPS) is 33.0. The highest BCUT2D eigenvalue weighted by atomic mass is 15.3. The molecular weight excluding hydrogens is 220 g/mol. The lowest BCUT2D eigenvalue weighted by Gasteiger charge is -2.37. The van der Waals surface area contributed by atoms with E-state index in [-0.39, 0.29) is 5.54 Å². The van der Waals surface area contributed by atoms with Gasteiger partial charge < -0.3 is 0 Å². The second kappa shape index (κ2) is 4.40. The molecule has 2 fully saturated rings. The maximum atomic E-state index is 9.70. The molecule has 1 saturated carbocycles. The zero-order valence-electron chi connectivity index (χ0n) is 11.0. The molecule has 1 aromatic carbocycles. The van der Waals surface area contributed by atoms with Gasteiger partial charge in [-0.3, -0.25) is 4.90 Å². The standard InChI is InChI=1S/C16H20N2/c1-13(14-6-3-2-4-7-14)18-11-9-15-8-5-10-16(15,18)12-17/h2-4,6-7,13,15H,5,8-11H2,1H3/t13-,15-,16+/m0/s1. The van der Waals surface area contributed by atoms with Crippen molar-refractivity contribution >= 4 is 0 Å². The molecule has 1 heterocycles. The number of nitrogens with zero attached hydrogens (tertiary/aromatic N) is 2. The van der Waals surface area contributed by atoms with Crippen LogP contribution in [0.25, 0.3) is 0 Å². The van der Waals surface area contributed by atoms with Gasteiger partial charge in [-0.05, 0) is 37.7 Å². The van der Waals surface area contributed by atoms with E-state index in [0.29, 0.717) is 12.0 Å². The van der Waals surface area contributed by atoms with Gasteiger partial charge in [0.05, 0.1) is 6.07 Å². The Kier molecular flexibility index (Phi) is 2.87. The van der Waals surface area contributed by atoms with Crippen molar-refractivity contribution in [3.8, 4) is 6.07 Å². The number of likely N-dealkylation sites (tertiary alicyclic amines) is 1. The van der Waals surface area contributed by atoms with E-state index in [2.05, 4.69) is 48.2 Å². The first-order valence-electron chi connectivity index (χ1n) is 7.01. The summed E-state index contributed by atoms with van der Waals surface area (Å²) in [6.07, 6.45) is 4.72. The maximum absolute atomic E-state index is 9.70. The number of hydrogen-bond acceptors (Lipinski definition) is 2. The summed E-state index contributed by atoms with van der Waals surface area (Å²) in [6, 6.07) is 13.6. The van der Waals surface area contributed by atoms with E-state index < -0.39 is 0 Å². The van der Waals surface area contributed by atoms with Crippen LogP contribution in [0.2, 0.25) is 0 Å². The zero-order chi connectivity index (χ0) is 12.6. The summed E-state index contributed by atoms with van der Waals surface area (Å²) in [6.45, 7) is 3.32. The molecule has 2 nitrogen and oxygen atoms in total. The summed E-state index contributed by atoms with van der Waals surface area (Å²) in [7, 11) is 0. The molecule has 94 valence electrons. The summed E-state index contributed by atoms with van der Waals surface area (Å²) in [5, 5.41) is 9.70. The highest BCUT2D eigenvalue weighted by Gasteiger charge is 2.53. The fourth-order valence-corrected chi connectivity index (χ4v) is 3.98. The number of fused-ring (bicyclic) bond motifs is 1. The summed E-state index contributed by atoms with van der Waals surface area (Å²) >= 11 is 0. The van der Waals surface area contributed by atoms with Crippen molar-refractivity contribution in [1.82, 2.24) is 4.90 Å². The highest BCUT2D eigenvalue weighted by molar-refractivity contribution is 5.24. The molecule has 3 rings (SSSR count). The second-order valence-electron chi connectivity index (χ2n) is 5.69. The largest absolute Gasteiger partial charge is 0.278 e. The van der Waals surface area contributed by atoms with Crippen LogP contribution in [0.4, 0.5) is 0 Å². The van der Waals surface area contributed by atoms with Gasteiger partial charge in [0.15, 0.2) is 0 Å². The minimum atomic E-state index is -0.171. The van der Waals surface area contributed by atoms with Gasteiger partial charge in [0, 0.05) is 12.6 Å². The number of hydrogen-bond donors (Lipinski definition) is 0. The van der Waals surface area contributed by atoms with Crippen LogP contribution >= 0.6 is 0 Å². The summed E-state index contributed by atoms with van der Waals surface area (Å²) in [5.74, 6) is 0.605. The third-order valence-electron chi connectivity index (χ3n) is 4.96. The Morgan fingerprint density at radius 3 is 2.83 bits per heavy atom. The number of rotatable bonds is 2. The lowest BCUT2D eigenvalue weighted by Crippen LogP contribution is -2.45. The van der Waals surface area contributed by atoms with Crippen LogP contribution < -0.4 is 0 Å². The first-order valence-corrected chi connectivity index (χ1v) is 7.01. The van der Waals surface area contributed by atoms with Gasteiger partial charge in [-0.2, -0.15) is 5.26 Å². The van der Waals surface area contributed by atoms with Crippen molar-refractivity contribution in [3.63, 3.8) is 0 Å². The van der Waals surface area contributed by atoms with Gasteiger partial charge in [0.25, 0.3) is 0 Å². The Labute approximate surface area is 109 Å². The molecule has 1 aromatic rings. The Morgan fingerprint density at radius 1 is 1.33 bits per heavy atom. The molecule has 0 spiro atoms. The Morgan fingerprint density at radius 2 is 2.11 bits per heavy atom. The molecule has 2 heteroatoms. The van der Waals surface area contributed by atoms with Gasteiger partial charge >= 0.3 is 0 Å². The molecule has 1 aliphatic carbocycles. The van der Waals surface area contributed by atoms with Crippen molar-refractivity contribution in [2.75, 3.05) is 6.54 Å². The minimum Gasteiger partial charge on any atom is -0.278 e. The maximum Gasteiger partial charge on any atom is 0.112 e. The van der Waals surface area contributed by atoms with Crippen LogP contribution in [0.1, 0.15) is 44.2 Å². The average Bonchev–Trinajstić information content (AvgIpc) is 2.97. The van der Waals surface area contributed by atoms with Crippen LogP contribution in [-0.2, 0) is 0 Å². The van der Waals surface area contributed by atoms with Gasteiger partial charge in [-0.1, -0.05) is 36.8 Å². The highest BCUT2D eigenvalue weighted by Crippen LogP contribution is 2.49. The molecule has 1 aliphatic heterocycles. The van der Waals surface area contributed by atoms with Crippen molar-refractivity contribution in [1.29, 1.82) is 5.26 Å². The van der Waals surface area contributed by atoms with E-state index in [1.54, 1.807) is 0 Å². The number of nitriles is 1. The van der Waals surface area contributed by atoms with Crippen molar-refractivity contribution in [3.05, 3.63) is 35.9 Å². The van der Waals surface area contributed by atoms with Crippen LogP contribution in [0, 0.1) is 17.2 Å². The molecule has 3 atom stereocenters. The van der Waals surface area contributed by atoms with Gasteiger partial charge in [0.1, 0.15) is 5.54 Å². The summed E-state index contributed by atoms with van der Waals surface area (Å²) < 4.78 is 0. The van der Waals surface area contributed by atoms with E-state index in [1.165, 1.54) is 24.8 Å². The molecule has 0 bridgehead atoms. The first kappa shape index (κ1) is 11.7. The van der Waals surface area contributed by atoms with Crippen LogP contribution in [0.3, 0.4) is 0 Å². The van der Waals surface area contributed by atoms with Crippen LogP contribution in [-0.4, -0.2) is 17.0 Å². The molecular formula is C16H20N2. The van der Waals surface area contributed by atoms with E-state index >= 15 is 0 Å². The zero-order valence-corrected chi connectivity index (χ0v) is 11.0. The summed E-state index contributed by atoms with van der Waals surface area (Å²) in [4.78, 5) is 2.46. The minimum absolute atomic E-state index is 0.171. The van der Waals surface area contributed by atoms with Crippen molar-refractivity contribution in [2.24, 2.45) is 5.92 Å². The predicted octanol–water partition coefficient (Wildman–Crippen LogP) is 3.52. The fourth-order valence-electron chi connectivity index (χ4n) is 3.98. The van der Waals surface area contributed by atoms with Gasteiger partial charge in [-0.15, -0.1) is 0 Å². The SMILES string of the molecule is C[C@@H](c1ccccc1)N1CC[C@@H]2CCC[C@@]21C#N. The number of benzene rings is 1. The lowest BCUT2D eigenvalue weighted by atomic mass is 9.88. The molecule has 2 aliphatic rings. The molecule has 0 unspecified atom stereocenters. The first-order chi connectivity index (χ1) is 8.78. The third kappa shape index (κ3) is 1.58. The second-order valence-corrected chi connectivity index (χ2v) is 5.69. The van der Waals surface area contributed by atoms with Crippen LogP contribution in [0.15, 0.2) is 30.3 Å². The van der Waals surface area contributed by atoms with E-state index in [4.69, 9.17) is 0 Å². The quantitative estimate of drug-likeness (QED) is 0.791. The molecule has 1 saturated heterocycles. The Hall–Kier alpha value is -1.33. The molecule has 0 N–H and O–H groups in total.